The highest BCUT2D eigenvalue weighted by Crippen LogP contribution is 2.18. The van der Waals surface area contributed by atoms with Gasteiger partial charge in [-0.1, -0.05) is 18.2 Å². The number of amides is 2. The van der Waals surface area contributed by atoms with Gasteiger partial charge in [-0.05, 0) is 56.1 Å². The van der Waals surface area contributed by atoms with Crippen LogP contribution in [0.2, 0.25) is 0 Å². The summed E-state index contributed by atoms with van der Waals surface area (Å²) >= 11 is 1.71. The first-order valence-corrected chi connectivity index (χ1v) is 9.63. The minimum Gasteiger partial charge on any atom is -0.326 e. The Morgan fingerprint density at radius 2 is 1.69 bits per heavy atom. The molecule has 2 N–H and O–H groups in total. The standard InChI is InChI=1S/C20H25N3O2S/c1-14(23(3)13-16-8-10-19(26-4)11-9-16)20(25)22-18-7-5-6-17(12-18)21-15(2)24/h5-12,14H,13H2,1-4H3,(H,21,24)(H,22,25). The van der Waals surface area contributed by atoms with Crippen LogP contribution in [0.15, 0.2) is 53.4 Å². The van der Waals surface area contributed by atoms with Crippen molar-refractivity contribution in [1.29, 1.82) is 0 Å². The maximum absolute atomic E-state index is 12.5. The zero-order valence-corrected chi connectivity index (χ0v) is 16.4. The Kier molecular flexibility index (Phi) is 7.24. The average Bonchev–Trinajstić information content (AvgIpc) is 2.61. The fourth-order valence-corrected chi connectivity index (χ4v) is 2.89. The summed E-state index contributed by atoms with van der Waals surface area (Å²) in [6, 6.07) is 15.2. The molecule has 2 aromatic rings. The third-order valence-corrected chi connectivity index (χ3v) is 4.83. The van der Waals surface area contributed by atoms with Crippen molar-refractivity contribution >= 4 is 35.0 Å². The van der Waals surface area contributed by atoms with Gasteiger partial charge in [0.05, 0.1) is 6.04 Å². The second-order valence-corrected chi connectivity index (χ2v) is 7.07. The molecule has 1 unspecified atom stereocenters. The van der Waals surface area contributed by atoms with E-state index in [2.05, 4.69) is 41.2 Å². The number of likely N-dealkylation sites (N-methyl/N-ethyl adjacent to an activating group) is 1. The predicted molar refractivity (Wildman–Crippen MR) is 109 cm³/mol. The van der Waals surface area contributed by atoms with Crippen LogP contribution >= 0.6 is 11.8 Å². The Morgan fingerprint density at radius 3 is 2.27 bits per heavy atom. The molecular weight excluding hydrogens is 346 g/mol. The number of nitrogens with one attached hydrogen (secondary N) is 2. The lowest BCUT2D eigenvalue weighted by Crippen LogP contribution is -2.39. The molecule has 6 heteroatoms. The van der Waals surface area contributed by atoms with Crippen molar-refractivity contribution in [3.8, 4) is 0 Å². The van der Waals surface area contributed by atoms with Crippen LogP contribution in [0.3, 0.4) is 0 Å². The fraction of sp³-hybridized carbons (Fsp3) is 0.300. The van der Waals surface area contributed by atoms with Gasteiger partial charge >= 0.3 is 0 Å². The van der Waals surface area contributed by atoms with Crippen molar-refractivity contribution in [2.24, 2.45) is 0 Å². The highest BCUT2D eigenvalue weighted by molar-refractivity contribution is 7.98. The van der Waals surface area contributed by atoms with Crippen LogP contribution in [0.25, 0.3) is 0 Å². The second-order valence-electron chi connectivity index (χ2n) is 6.19. The van der Waals surface area contributed by atoms with Crippen molar-refractivity contribution in [2.75, 3.05) is 23.9 Å². The van der Waals surface area contributed by atoms with Gasteiger partial charge < -0.3 is 10.6 Å². The topological polar surface area (TPSA) is 61.4 Å². The van der Waals surface area contributed by atoms with Gasteiger partial charge in [0, 0.05) is 29.7 Å². The van der Waals surface area contributed by atoms with Crippen LogP contribution in [-0.2, 0) is 16.1 Å². The van der Waals surface area contributed by atoms with Crippen LogP contribution in [0.1, 0.15) is 19.4 Å². The number of hydrogen-bond donors (Lipinski definition) is 2. The molecule has 138 valence electrons. The number of carbonyl (C=O) groups is 2. The molecule has 0 spiro atoms. The molecular formula is C20H25N3O2S. The number of rotatable bonds is 7. The van der Waals surface area contributed by atoms with Crippen molar-refractivity contribution in [3.63, 3.8) is 0 Å². The first kappa shape index (κ1) is 20.0. The molecule has 0 aliphatic heterocycles. The summed E-state index contributed by atoms with van der Waals surface area (Å²) in [7, 11) is 1.93. The Labute approximate surface area is 159 Å². The van der Waals surface area contributed by atoms with E-state index in [9.17, 15) is 9.59 Å². The summed E-state index contributed by atoms with van der Waals surface area (Å²) in [6.07, 6.45) is 2.05. The smallest absolute Gasteiger partial charge is 0.241 e. The third kappa shape index (κ3) is 5.89. The van der Waals surface area contributed by atoms with E-state index in [-0.39, 0.29) is 17.9 Å². The van der Waals surface area contributed by atoms with Crippen molar-refractivity contribution in [1.82, 2.24) is 4.90 Å². The summed E-state index contributed by atoms with van der Waals surface area (Å²) in [5.41, 5.74) is 2.48. The van der Waals surface area contributed by atoms with Gasteiger partial charge in [0.25, 0.3) is 0 Å². The van der Waals surface area contributed by atoms with Gasteiger partial charge in [0.15, 0.2) is 0 Å². The van der Waals surface area contributed by atoms with E-state index in [4.69, 9.17) is 0 Å². The molecule has 1 atom stereocenters. The normalized spacial score (nSPS) is 11.9. The Hall–Kier alpha value is -2.31. The van der Waals surface area contributed by atoms with Gasteiger partial charge in [-0.15, -0.1) is 11.8 Å². The number of nitrogens with zero attached hydrogens (tertiary/aromatic N) is 1. The predicted octanol–water partition coefficient (Wildman–Crippen LogP) is 3.83. The lowest BCUT2D eigenvalue weighted by Gasteiger charge is -2.24. The van der Waals surface area contributed by atoms with Crippen LogP contribution in [0.5, 0.6) is 0 Å². The van der Waals surface area contributed by atoms with Gasteiger partial charge in [0.2, 0.25) is 11.8 Å². The molecule has 0 aliphatic rings. The van der Waals surface area contributed by atoms with Crippen molar-refractivity contribution < 1.29 is 9.59 Å². The molecule has 0 aromatic heterocycles. The number of carbonyl (C=O) groups excluding carboxylic acids is 2. The van der Waals surface area contributed by atoms with Gasteiger partial charge in [0.1, 0.15) is 0 Å². The summed E-state index contributed by atoms with van der Waals surface area (Å²) in [4.78, 5) is 26.9. The first-order valence-electron chi connectivity index (χ1n) is 8.40. The summed E-state index contributed by atoms with van der Waals surface area (Å²) in [5, 5.41) is 5.62. The third-order valence-electron chi connectivity index (χ3n) is 4.08. The molecule has 0 bridgehead atoms. The molecule has 0 heterocycles. The molecule has 0 fully saturated rings. The SMILES string of the molecule is CSc1ccc(CN(C)C(C)C(=O)Nc2cccc(NC(C)=O)c2)cc1. The Morgan fingerprint density at radius 1 is 1.08 bits per heavy atom. The minimum atomic E-state index is -0.292. The van der Waals surface area contributed by atoms with Crippen LogP contribution in [0.4, 0.5) is 11.4 Å². The molecule has 26 heavy (non-hydrogen) atoms. The van der Waals surface area contributed by atoms with E-state index in [0.717, 1.165) is 5.56 Å². The van der Waals surface area contributed by atoms with E-state index in [1.54, 1.807) is 36.0 Å². The van der Waals surface area contributed by atoms with Crippen LogP contribution < -0.4 is 10.6 Å². The monoisotopic (exact) mass is 371 g/mol. The fourth-order valence-electron chi connectivity index (χ4n) is 2.48. The minimum absolute atomic E-state index is 0.0896. The Balaban J connectivity index is 1.96. The molecule has 0 radical (unpaired) electrons. The number of thioether (sulfide) groups is 1. The van der Waals surface area contributed by atoms with Gasteiger partial charge in [-0.25, -0.2) is 0 Å². The van der Waals surface area contributed by atoms with E-state index in [0.29, 0.717) is 17.9 Å². The second kappa shape index (κ2) is 9.40. The average molecular weight is 372 g/mol. The van der Waals surface area contributed by atoms with E-state index >= 15 is 0 Å². The number of benzene rings is 2. The summed E-state index contributed by atoms with van der Waals surface area (Å²) in [6.45, 7) is 4.02. The molecule has 0 saturated heterocycles. The zero-order valence-electron chi connectivity index (χ0n) is 15.6. The molecule has 2 rings (SSSR count). The highest BCUT2D eigenvalue weighted by atomic mass is 32.2. The van der Waals surface area contributed by atoms with Gasteiger partial charge in [-0.3, -0.25) is 14.5 Å². The van der Waals surface area contributed by atoms with Crippen LogP contribution in [-0.4, -0.2) is 36.1 Å². The lowest BCUT2D eigenvalue weighted by molar-refractivity contribution is -0.120. The van der Waals surface area contributed by atoms with E-state index < -0.39 is 0 Å². The van der Waals surface area contributed by atoms with E-state index in [1.165, 1.54) is 11.8 Å². The maximum Gasteiger partial charge on any atom is 0.241 e. The summed E-state index contributed by atoms with van der Waals surface area (Å²) in [5.74, 6) is -0.234. The zero-order chi connectivity index (χ0) is 19.1. The molecule has 2 amide bonds. The Bertz CT molecular complexity index is 762. The lowest BCUT2D eigenvalue weighted by atomic mass is 10.2. The maximum atomic E-state index is 12.5. The molecule has 2 aromatic carbocycles. The van der Waals surface area contributed by atoms with E-state index in [1.807, 2.05) is 18.9 Å². The molecule has 0 saturated carbocycles. The highest BCUT2D eigenvalue weighted by Gasteiger charge is 2.18. The van der Waals surface area contributed by atoms with Crippen LogP contribution in [0, 0.1) is 0 Å². The van der Waals surface area contributed by atoms with Crippen molar-refractivity contribution in [3.05, 3.63) is 54.1 Å². The molecule has 0 aliphatic carbocycles. The number of anilines is 2. The number of hydrogen-bond acceptors (Lipinski definition) is 4. The van der Waals surface area contributed by atoms with Crippen molar-refractivity contribution in [2.45, 2.75) is 31.3 Å². The quantitative estimate of drug-likeness (QED) is 0.726. The van der Waals surface area contributed by atoms with Gasteiger partial charge in [-0.2, -0.15) is 0 Å². The first-order chi connectivity index (χ1) is 12.4. The molecule has 5 nitrogen and oxygen atoms in total. The summed E-state index contributed by atoms with van der Waals surface area (Å²) < 4.78 is 0. The largest absolute Gasteiger partial charge is 0.326 e.